The van der Waals surface area contributed by atoms with Crippen LogP contribution in [0, 0.1) is 5.92 Å². The van der Waals surface area contributed by atoms with Crippen molar-refractivity contribution in [1.82, 2.24) is 20.5 Å². The lowest BCUT2D eigenvalue weighted by molar-refractivity contribution is 0.0951. The predicted octanol–water partition coefficient (Wildman–Crippen LogP) is 0.856. The lowest BCUT2D eigenvalue weighted by Gasteiger charge is -2.16. The van der Waals surface area contributed by atoms with Crippen LogP contribution in [0.25, 0.3) is 0 Å². The van der Waals surface area contributed by atoms with Crippen molar-refractivity contribution < 1.29 is 13.2 Å². The summed E-state index contributed by atoms with van der Waals surface area (Å²) in [6.07, 6.45) is 4.91. The molecular formula is C16H19N5O3S. The number of sulfonamides is 1. The zero-order valence-electron chi connectivity index (χ0n) is 13.8. The molecule has 1 amide bonds. The highest BCUT2D eigenvalue weighted by molar-refractivity contribution is 7.92. The average Bonchev–Trinajstić information content (AvgIpc) is 3.08. The van der Waals surface area contributed by atoms with Crippen molar-refractivity contribution in [1.29, 1.82) is 0 Å². The Labute approximate surface area is 145 Å². The van der Waals surface area contributed by atoms with Gasteiger partial charge >= 0.3 is 0 Å². The Balaban J connectivity index is 1.69. The fourth-order valence-corrected chi connectivity index (χ4v) is 4.10. The average molecular weight is 361 g/mol. The predicted molar refractivity (Wildman–Crippen MR) is 91.9 cm³/mol. The molecule has 1 unspecified atom stereocenters. The van der Waals surface area contributed by atoms with Gasteiger partial charge in [-0.1, -0.05) is 0 Å². The highest BCUT2D eigenvalue weighted by atomic mass is 32.2. The molecule has 132 valence electrons. The second-order valence-corrected chi connectivity index (χ2v) is 8.55. The lowest BCUT2D eigenvalue weighted by atomic mass is 9.98. The van der Waals surface area contributed by atoms with Crippen LogP contribution in [0.4, 0.5) is 5.69 Å². The molecule has 0 radical (unpaired) electrons. The Morgan fingerprint density at radius 1 is 1.40 bits per heavy atom. The van der Waals surface area contributed by atoms with E-state index in [0.29, 0.717) is 29.5 Å². The van der Waals surface area contributed by atoms with E-state index < -0.39 is 10.0 Å². The molecule has 0 spiro atoms. The van der Waals surface area contributed by atoms with Gasteiger partial charge in [-0.3, -0.25) is 14.2 Å². The number of anilines is 1. The molecule has 4 rings (SSSR count). The van der Waals surface area contributed by atoms with Crippen LogP contribution in [0.1, 0.15) is 40.5 Å². The second-order valence-electron chi connectivity index (χ2n) is 6.64. The van der Waals surface area contributed by atoms with Gasteiger partial charge in [-0.15, -0.1) is 0 Å². The van der Waals surface area contributed by atoms with E-state index in [1.807, 2.05) is 0 Å². The molecule has 1 fully saturated rings. The van der Waals surface area contributed by atoms with Gasteiger partial charge in [0.05, 0.1) is 17.9 Å². The third-order valence-electron chi connectivity index (χ3n) is 4.69. The summed E-state index contributed by atoms with van der Waals surface area (Å²) in [6.45, 7) is 0.938. The van der Waals surface area contributed by atoms with E-state index in [1.54, 1.807) is 18.2 Å². The summed E-state index contributed by atoms with van der Waals surface area (Å²) >= 11 is 0. The Hall–Kier alpha value is -2.42. The standard InChI is InChI=1S/C16H19N5O3S/c1-25(23,24)21-8-13(15-18-9-19-20-15)12-6-11(4-5-14(12)21)16(22)17-7-10-2-3-10/h4-6,9-10,13H,2-3,7-8H2,1H3,(H,17,22)(H,18,19,20). The van der Waals surface area contributed by atoms with Gasteiger partial charge in [-0.05, 0) is 42.5 Å². The third kappa shape index (κ3) is 3.11. The minimum atomic E-state index is -3.42. The number of H-pyrrole nitrogens is 1. The quantitative estimate of drug-likeness (QED) is 0.821. The zero-order chi connectivity index (χ0) is 17.6. The Morgan fingerprint density at radius 3 is 2.84 bits per heavy atom. The number of carbonyl (C=O) groups is 1. The number of amides is 1. The van der Waals surface area contributed by atoms with E-state index in [-0.39, 0.29) is 18.4 Å². The van der Waals surface area contributed by atoms with E-state index >= 15 is 0 Å². The van der Waals surface area contributed by atoms with Gasteiger partial charge in [0, 0.05) is 18.7 Å². The fraction of sp³-hybridized carbons (Fsp3) is 0.438. The smallest absolute Gasteiger partial charge is 0.251 e. The van der Waals surface area contributed by atoms with Crippen molar-refractivity contribution in [3.05, 3.63) is 41.5 Å². The number of carbonyl (C=O) groups excluding carboxylic acids is 1. The number of nitrogens with zero attached hydrogens (tertiary/aromatic N) is 3. The van der Waals surface area contributed by atoms with Crippen LogP contribution in [0.3, 0.4) is 0 Å². The number of aromatic nitrogens is 3. The summed E-state index contributed by atoms with van der Waals surface area (Å²) in [5.41, 5.74) is 1.88. The molecular weight excluding hydrogens is 342 g/mol. The highest BCUT2D eigenvalue weighted by Gasteiger charge is 2.36. The maximum absolute atomic E-state index is 12.4. The number of hydrogen-bond acceptors (Lipinski definition) is 5. The largest absolute Gasteiger partial charge is 0.352 e. The Bertz CT molecular complexity index is 906. The molecule has 1 aromatic heterocycles. The highest BCUT2D eigenvalue weighted by Crippen LogP contribution is 2.40. The molecule has 1 aliphatic heterocycles. The summed E-state index contributed by atoms with van der Waals surface area (Å²) in [5.74, 6) is 0.774. The zero-order valence-corrected chi connectivity index (χ0v) is 14.6. The molecule has 1 atom stereocenters. The van der Waals surface area contributed by atoms with E-state index in [4.69, 9.17) is 0 Å². The van der Waals surface area contributed by atoms with Crippen LogP contribution in [0.2, 0.25) is 0 Å². The van der Waals surface area contributed by atoms with Crippen molar-refractivity contribution in [2.45, 2.75) is 18.8 Å². The topological polar surface area (TPSA) is 108 Å². The molecule has 2 heterocycles. The Morgan fingerprint density at radius 2 is 2.20 bits per heavy atom. The van der Waals surface area contributed by atoms with Crippen LogP contribution in [0.5, 0.6) is 0 Å². The van der Waals surface area contributed by atoms with Crippen LogP contribution in [-0.4, -0.2) is 48.9 Å². The van der Waals surface area contributed by atoms with Gasteiger partial charge in [-0.25, -0.2) is 13.4 Å². The van der Waals surface area contributed by atoms with Crippen LogP contribution < -0.4 is 9.62 Å². The third-order valence-corrected chi connectivity index (χ3v) is 5.84. The molecule has 0 saturated heterocycles. The fourth-order valence-electron chi connectivity index (χ4n) is 3.16. The lowest BCUT2D eigenvalue weighted by Crippen LogP contribution is -2.29. The molecule has 1 aliphatic carbocycles. The number of hydrogen-bond donors (Lipinski definition) is 2. The number of nitrogens with one attached hydrogen (secondary N) is 2. The minimum absolute atomic E-state index is 0.135. The summed E-state index contributed by atoms with van der Waals surface area (Å²) in [5, 5.41) is 9.60. The molecule has 1 aromatic carbocycles. The number of benzene rings is 1. The van der Waals surface area contributed by atoms with Gasteiger partial charge < -0.3 is 5.32 Å². The van der Waals surface area contributed by atoms with Gasteiger partial charge in [-0.2, -0.15) is 5.10 Å². The normalized spacial score (nSPS) is 19.7. The SMILES string of the molecule is CS(=O)(=O)N1CC(c2ncn[nH]2)c2cc(C(=O)NCC3CC3)ccc21. The van der Waals surface area contributed by atoms with Crippen molar-refractivity contribution in [2.75, 3.05) is 23.7 Å². The molecule has 8 nitrogen and oxygen atoms in total. The molecule has 2 N–H and O–H groups in total. The van der Waals surface area contributed by atoms with E-state index in [9.17, 15) is 13.2 Å². The Kier molecular flexibility index (Phi) is 3.75. The summed E-state index contributed by atoms with van der Waals surface area (Å²) in [7, 11) is -3.42. The number of aromatic amines is 1. The van der Waals surface area contributed by atoms with Crippen molar-refractivity contribution in [3.63, 3.8) is 0 Å². The monoisotopic (exact) mass is 361 g/mol. The summed E-state index contributed by atoms with van der Waals surface area (Å²) in [4.78, 5) is 16.5. The maximum Gasteiger partial charge on any atom is 0.251 e. The molecule has 2 aliphatic rings. The summed E-state index contributed by atoms with van der Waals surface area (Å²) in [6, 6.07) is 5.12. The van der Waals surface area contributed by atoms with Crippen molar-refractivity contribution in [3.8, 4) is 0 Å². The molecule has 1 saturated carbocycles. The molecule has 25 heavy (non-hydrogen) atoms. The first-order chi connectivity index (χ1) is 11.9. The van der Waals surface area contributed by atoms with Crippen molar-refractivity contribution >= 4 is 21.6 Å². The van der Waals surface area contributed by atoms with Crippen LogP contribution in [-0.2, 0) is 10.0 Å². The molecule has 0 bridgehead atoms. The van der Waals surface area contributed by atoms with Crippen LogP contribution >= 0.6 is 0 Å². The van der Waals surface area contributed by atoms with E-state index in [2.05, 4.69) is 20.5 Å². The van der Waals surface area contributed by atoms with Crippen molar-refractivity contribution in [2.24, 2.45) is 5.92 Å². The van der Waals surface area contributed by atoms with Gasteiger partial charge in [0.15, 0.2) is 0 Å². The number of rotatable bonds is 5. The first kappa shape index (κ1) is 16.1. The van der Waals surface area contributed by atoms with Gasteiger partial charge in [0.2, 0.25) is 10.0 Å². The summed E-state index contributed by atoms with van der Waals surface area (Å²) < 4.78 is 25.6. The first-order valence-electron chi connectivity index (χ1n) is 8.18. The number of fused-ring (bicyclic) bond motifs is 1. The van der Waals surface area contributed by atoms with Gasteiger partial charge in [0.25, 0.3) is 5.91 Å². The minimum Gasteiger partial charge on any atom is -0.352 e. The van der Waals surface area contributed by atoms with Crippen LogP contribution in [0.15, 0.2) is 24.5 Å². The molecule has 2 aromatic rings. The second kappa shape index (κ2) is 5.83. The first-order valence-corrected chi connectivity index (χ1v) is 10.0. The molecule has 9 heteroatoms. The maximum atomic E-state index is 12.4. The van der Waals surface area contributed by atoms with E-state index in [1.165, 1.54) is 29.7 Å². The van der Waals surface area contributed by atoms with E-state index in [0.717, 1.165) is 5.56 Å². The van der Waals surface area contributed by atoms with Gasteiger partial charge in [0.1, 0.15) is 12.2 Å².